The fraction of sp³-hybridized carbons (Fsp3) is 1.00. The Balaban J connectivity index is 2.26. The van der Waals surface area contributed by atoms with Gasteiger partial charge < -0.3 is 0 Å². The molecular formula is C11H22OS. The largest absolute Gasteiger partial charge is 0.259 e. The fourth-order valence-electron chi connectivity index (χ4n) is 1.94. The van der Waals surface area contributed by atoms with Gasteiger partial charge in [0.2, 0.25) is 0 Å². The lowest BCUT2D eigenvalue weighted by atomic mass is 9.91. The molecule has 0 aromatic carbocycles. The van der Waals surface area contributed by atoms with Gasteiger partial charge in [-0.1, -0.05) is 33.1 Å². The van der Waals surface area contributed by atoms with Crippen molar-refractivity contribution in [2.24, 2.45) is 5.92 Å². The Morgan fingerprint density at radius 2 is 1.92 bits per heavy atom. The molecule has 1 aliphatic rings. The van der Waals surface area contributed by atoms with Crippen LogP contribution in [0.1, 0.15) is 52.4 Å². The number of hydrogen-bond acceptors (Lipinski definition) is 1. The molecule has 13 heavy (non-hydrogen) atoms. The molecule has 2 atom stereocenters. The van der Waals surface area contributed by atoms with Crippen LogP contribution in [0.4, 0.5) is 0 Å². The van der Waals surface area contributed by atoms with Gasteiger partial charge in [0.05, 0.1) is 0 Å². The van der Waals surface area contributed by atoms with Gasteiger partial charge in [0.15, 0.2) is 0 Å². The molecule has 0 aromatic rings. The van der Waals surface area contributed by atoms with Crippen LogP contribution in [0.3, 0.4) is 0 Å². The van der Waals surface area contributed by atoms with Crippen molar-refractivity contribution < 1.29 is 4.21 Å². The third-order valence-electron chi connectivity index (χ3n) is 3.15. The molecule has 1 fully saturated rings. The summed E-state index contributed by atoms with van der Waals surface area (Å²) in [7, 11) is -0.562. The minimum Gasteiger partial charge on any atom is -0.259 e. The summed E-state index contributed by atoms with van der Waals surface area (Å²) < 4.78 is 11.8. The van der Waals surface area contributed by atoms with Crippen molar-refractivity contribution in [2.45, 2.75) is 57.6 Å². The molecule has 1 nitrogen and oxygen atoms in total. The van der Waals surface area contributed by atoms with Crippen molar-refractivity contribution in [1.82, 2.24) is 0 Å². The molecular weight excluding hydrogens is 180 g/mol. The van der Waals surface area contributed by atoms with Crippen molar-refractivity contribution in [2.75, 3.05) is 5.75 Å². The van der Waals surface area contributed by atoms with Crippen LogP contribution in [-0.2, 0) is 10.8 Å². The van der Waals surface area contributed by atoms with E-state index in [0.29, 0.717) is 5.25 Å². The molecule has 0 aliphatic heterocycles. The third kappa shape index (κ3) is 3.80. The summed E-state index contributed by atoms with van der Waals surface area (Å²) in [6, 6.07) is 0. The van der Waals surface area contributed by atoms with E-state index in [0.717, 1.165) is 18.1 Å². The van der Waals surface area contributed by atoms with Gasteiger partial charge >= 0.3 is 0 Å². The lowest BCUT2D eigenvalue weighted by Gasteiger charge is -2.22. The molecule has 1 aliphatic carbocycles. The first-order chi connectivity index (χ1) is 6.24. The average molecular weight is 202 g/mol. The summed E-state index contributed by atoms with van der Waals surface area (Å²) in [6.45, 7) is 4.24. The Bertz CT molecular complexity index is 161. The van der Waals surface area contributed by atoms with E-state index >= 15 is 0 Å². The van der Waals surface area contributed by atoms with E-state index in [1.54, 1.807) is 0 Å². The van der Waals surface area contributed by atoms with Crippen molar-refractivity contribution in [3.63, 3.8) is 0 Å². The SMILES string of the molecule is CCC(C)S(=O)CC1CCCCC1. The molecule has 2 unspecified atom stereocenters. The van der Waals surface area contributed by atoms with E-state index in [9.17, 15) is 4.21 Å². The first-order valence-corrected chi connectivity index (χ1v) is 6.99. The van der Waals surface area contributed by atoms with E-state index in [1.807, 2.05) is 0 Å². The molecule has 1 saturated carbocycles. The summed E-state index contributed by atoms with van der Waals surface area (Å²) in [6.07, 6.45) is 7.82. The van der Waals surface area contributed by atoms with Crippen molar-refractivity contribution in [3.8, 4) is 0 Å². The van der Waals surface area contributed by atoms with Gasteiger partial charge in [0.25, 0.3) is 0 Å². The van der Waals surface area contributed by atoms with Crippen LogP contribution in [0.15, 0.2) is 0 Å². The van der Waals surface area contributed by atoms with Crippen LogP contribution in [0.2, 0.25) is 0 Å². The summed E-state index contributed by atoms with van der Waals surface area (Å²) in [5.41, 5.74) is 0. The molecule has 0 heterocycles. The maximum absolute atomic E-state index is 11.8. The van der Waals surface area contributed by atoms with Crippen LogP contribution in [0.25, 0.3) is 0 Å². The van der Waals surface area contributed by atoms with Crippen molar-refractivity contribution in [3.05, 3.63) is 0 Å². The van der Waals surface area contributed by atoms with E-state index in [-0.39, 0.29) is 0 Å². The molecule has 0 radical (unpaired) electrons. The maximum atomic E-state index is 11.8. The highest BCUT2D eigenvalue weighted by Crippen LogP contribution is 2.25. The second-order valence-corrected chi connectivity index (χ2v) is 6.17. The fourth-order valence-corrected chi connectivity index (χ4v) is 3.43. The van der Waals surface area contributed by atoms with Crippen LogP contribution in [0, 0.1) is 5.92 Å². The highest BCUT2D eigenvalue weighted by molar-refractivity contribution is 7.85. The molecule has 0 saturated heterocycles. The van der Waals surface area contributed by atoms with Crippen LogP contribution < -0.4 is 0 Å². The smallest absolute Gasteiger partial charge is 0.0317 e. The Kier molecular flexibility index (Phi) is 5.00. The summed E-state index contributed by atoms with van der Waals surface area (Å²) in [5.74, 6) is 1.73. The van der Waals surface area contributed by atoms with Crippen molar-refractivity contribution in [1.29, 1.82) is 0 Å². The second-order valence-electron chi connectivity index (χ2n) is 4.27. The molecule has 0 bridgehead atoms. The highest BCUT2D eigenvalue weighted by atomic mass is 32.2. The quantitative estimate of drug-likeness (QED) is 0.684. The zero-order chi connectivity index (χ0) is 9.68. The lowest BCUT2D eigenvalue weighted by Crippen LogP contribution is -2.20. The second kappa shape index (κ2) is 5.79. The highest BCUT2D eigenvalue weighted by Gasteiger charge is 2.18. The van der Waals surface area contributed by atoms with Gasteiger partial charge in [0, 0.05) is 21.8 Å². The first-order valence-electron chi connectivity index (χ1n) is 5.61. The molecule has 1 rings (SSSR count). The van der Waals surface area contributed by atoms with Gasteiger partial charge in [-0.3, -0.25) is 4.21 Å². The molecule has 0 aromatic heterocycles. The monoisotopic (exact) mass is 202 g/mol. The average Bonchev–Trinajstić information content (AvgIpc) is 2.18. The zero-order valence-electron chi connectivity index (χ0n) is 8.92. The molecule has 0 spiro atoms. The van der Waals surface area contributed by atoms with Gasteiger partial charge in [-0.05, 0) is 25.2 Å². The molecule has 0 N–H and O–H groups in total. The minimum absolute atomic E-state index is 0.405. The topological polar surface area (TPSA) is 17.1 Å². The number of hydrogen-bond donors (Lipinski definition) is 0. The van der Waals surface area contributed by atoms with Gasteiger partial charge in [-0.25, -0.2) is 0 Å². The Morgan fingerprint density at radius 3 is 2.46 bits per heavy atom. The predicted octanol–water partition coefficient (Wildman–Crippen LogP) is 3.11. The standard InChI is InChI=1S/C11H22OS/c1-3-10(2)13(12)9-11-7-5-4-6-8-11/h10-11H,3-9H2,1-2H3. The van der Waals surface area contributed by atoms with Crippen LogP contribution in [-0.4, -0.2) is 15.2 Å². The Hall–Kier alpha value is 0.150. The lowest BCUT2D eigenvalue weighted by molar-refractivity contribution is 0.388. The van der Waals surface area contributed by atoms with Crippen LogP contribution in [0.5, 0.6) is 0 Å². The normalized spacial score (nSPS) is 24.2. The Labute approximate surface area is 84.8 Å². The summed E-state index contributed by atoms with van der Waals surface area (Å²) in [4.78, 5) is 0. The van der Waals surface area contributed by atoms with E-state index < -0.39 is 10.8 Å². The summed E-state index contributed by atoms with van der Waals surface area (Å²) >= 11 is 0. The van der Waals surface area contributed by atoms with Crippen LogP contribution >= 0.6 is 0 Å². The third-order valence-corrected chi connectivity index (χ3v) is 5.18. The maximum Gasteiger partial charge on any atom is 0.0317 e. The van der Waals surface area contributed by atoms with E-state index in [4.69, 9.17) is 0 Å². The van der Waals surface area contributed by atoms with Gasteiger partial charge in [-0.2, -0.15) is 0 Å². The first kappa shape index (κ1) is 11.2. The Morgan fingerprint density at radius 1 is 1.31 bits per heavy atom. The summed E-state index contributed by atoms with van der Waals surface area (Å²) in [5, 5.41) is 0.405. The number of rotatable bonds is 4. The van der Waals surface area contributed by atoms with E-state index in [1.165, 1.54) is 32.1 Å². The van der Waals surface area contributed by atoms with Crippen molar-refractivity contribution >= 4 is 10.8 Å². The van der Waals surface area contributed by atoms with Gasteiger partial charge in [-0.15, -0.1) is 0 Å². The zero-order valence-corrected chi connectivity index (χ0v) is 9.74. The molecule has 0 amide bonds. The van der Waals surface area contributed by atoms with E-state index in [2.05, 4.69) is 13.8 Å². The molecule has 2 heteroatoms. The molecule has 78 valence electrons. The predicted molar refractivity (Wildman–Crippen MR) is 59.3 cm³/mol. The minimum atomic E-state index is -0.562. The van der Waals surface area contributed by atoms with Gasteiger partial charge in [0.1, 0.15) is 0 Å².